The smallest absolute Gasteiger partial charge is 0.387 e. The van der Waals surface area contributed by atoms with Crippen molar-refractivity contribution in [3.05, 3.63) is 64.4 Å². The first-order chi connectivity index (χ1) is 9.95. The summed E-state index contributed by atoms with van der Waals surface area (Å²) in [5, 5.41) is 0.435. The van der Waals surface area contributed by atoms with E-state index < -0.39 is 12.7 Å². The number of alkyl halides is 2. The molecule has 21 heavy (non-hydrogen) atoms. The van der Waals surface area contributed by atoms with Gasteiger partial charge in [0.1, 0.15) is 11.6 Å². The molecule has 0 amide bonds. The van der Waals surface area contributed by atoms with Gasteiger partial charge < -0.3 is 10.5 Å². The van der Waals surface area contributed by atoms with Crippen molar-refractivity contribution in [2.24, 2.45) is 5.73 Å². The molecule has 2 nitrogen and oxygen atoms in total. The summed E-state index contributed by atoms with van der Waals surface area (Å²) in [4.78, 5) is 0. The van der Waals surface area contributed by atoms with Crippen molar-refractivity contribution in [3.63, 3.8) is 0 Å². The van der Waals surface area contributed by atoms with E-state index in [0.29, 0.717) is 17.0 Å². The molecular weight excluding hydrogens is 303 g/mol. The normalized spacial score (nSPS) is 12.5. The second kappa shape index (κ2) is 6.83. The van der Waals surface area contributed by atoms with E-state index in [2.05, 4.69) is 4.74 Å². The number of nitrogens with two attached hydrogens (primary N) is 1. The summed E-state index contributed by atoms with van der Waals surface area (Å²) in [6, 6.07) is 9.65. The van der Waals surface area contributed by atoms with Crippen molar-refractivity contribution in [2.45, 2.75) is 19.1 Å². The van der Waals surface area contributed by atoms with Crippen LogP contribution in [0.5, 0.6) is 5.75 Å². The van der Waals surface area contributed by atoms with Crippen molar-refractivity contribution in [1.29, 1.82) is 0 Å². The predicted molar refractivity (Wildman–Crippen MR) is 75.1 cm³/mol. The van der Waals surface area contributed by atoms with E-state index in [-0.39, 0.29) is 11.6 Å². The summed E-state index contributed by atoms with van der Waals surface area (Å²) in [6.45, 7) is -2.87. The highest BCUT2D eigenvalue weighted by atomic mass is 35.5. The molecule has 0 saturated heterocycles. The lowest BCUT2D eigenvalue weighted by molar-refractivity contribution is -0.0498. The van der Waals surface area contributed by atoms with Crippen LogP contribution in [0, 0.1) is 5.82 Å². The molecule has 0 bridgehead atoms. The Hall–Kier alpha value is -1.72. The zero-order valence-electron chi connectivity index (χ0n) is 10.9. The lowest BCUT2D eigenvalue weighted by Crippen LogP contribution is -2.13. The third kappa shape index (κ3) is 4.37. The van der Waals surface area contributed by atoms with Gasteiger partial charge in [0.25, 0.3) is 0 Å². The highest BCUT2D eigenvalue weighted by molar-refractivity contribution is 6.31. The minimum absolute atomic E-state index is 0.0599. The molecule has 1 atom stereocenters. The van der Waals surface area contributed by atoms with Gasteiger partial charge in [-0.2, -0.15) is 8.78 Å². The van der Waals surface area contributed by atoms with Crippen LogP contribution in [0.3, 0.4) is 0 Å². The van der Waals surface area contributed by atoms with Crippen molar-refractivity contribution >= 4 is 11.6 Å². The van der Waals surface area contributed by atoms with Crippen LogP contribution in [0.25, 0.3) is 0 Å². The standard InChI is InChI=1S/C15H13ClF3NO/c16-13-6-3-11(17)7-10(13)8-14(20)9-1-4-12(5-2-9)21-15(18)19/h1-7,14-15H,8,20H2. The molecule has 0 aliphatic rings. The average molecular weight is 316 g/mol. The molecule has 2 aromatic carbocycles. The lowest BCUT2D eigenvalue weighted by Gasteiger charge is -2.14. The Morgan fingerprint density at radius 3 is 2.38 bits per heavy atom. The van der Waals surface area contributed by atoms with Gasteiger partial charge in [0.15, 0.2) is 0 Å². The van der Waals surface area contributed by atoms with E-state index >= 15 is 0 Å². The van der Waals surface area contributed by atoms with Gasteiger partial charge >= 0.3 is 6.61 Å². The molecule has 0 aliphatic heterocycles. The summed E-state index contributed by atoms with van der Waals surface area (Å²) in [5.41, 5.74) is 7.34. The molecule has 0 fully saturated rings. The molecule has 0 aliphatic carbocycles. The van der Waals surface area contributed by atoms with Crippen LogP contribution >= 0.6 is 11.6 Å². The number of hydrogen-bond donors (Lipinski definition) is 1. The molecule has 0 aromatic heterocycles. The van der Waals surface area contributed by atoms with Crippen LogP contribution in [-0.2, 0) is 6.42 Å². The zero-order valence-corrected chi connectivity index (χ0v) is 11.7. The van der Waals surface area contributed by atoms with Gasteiger partial charge in [0.2, 0.25) is 0 Å². The van der Waals surface area contributed by atoms with Gasteiger partial charge in [0.05, 0.1) is 0 Å². The fraction of sp³-hybridized carbons (Fsp3) is 0.200. The Morgan fingerprint density at radius 2 is 1.76 bits per heavy atom. The molecule has 0 spiro atoms. The molecular formula is C15H13ClF3NO. The quantitative estimate of drug-likeness (QED) is 0.891. The second-order valence-corrected chi connectivity index (χ2v) is 4.90. The van der Waals surface area contributed by atoms with Gasteiger partial charge in [-0.15, -0.1) is 0 Å². The zero-order chi connectivity index (χ0) is 15.4. The first-order valence-electron chi connectivity index (χ1n) is 6.20. The summed E-state index contributed by atoms with van der Waals surface area (Å²) >= 11 is 5.98. The van der Waals surface area contributed by atoms with Crippen molar-refractivity contribution in [1.82, 2.24) is 0 Å². The number of halogens is 4. The summed E-state index contributed by atoms with van der Waals surface area (Å²) in [5.74, 6) is -0.327. The van der Waals surface area contributed by atoms with Crippen LogP contribution in [0.15, 0.2) is 42.5 Å². The fourth-order valence-corrected chi connectivity index (χ4v) is 2.15. The van der Waals surface area contributed by atoms with Crippen molar-refractivity contribution < 1.29 is 17.9 Å². The van der Waals surface area contributed by atoms with E-state index in [1.165, 1.54) is 30.3 Å². The van der Waals surface area contributed by atoms with Crippen molar-refractivity contribution in [3.8, 4) is 5.75 Å². The Kier molecular flexibility index (Phi) is 5.09. The Bertz CT molecular complexity index is 604. The van der Waals surface area contributed by atoms with Crippen LogP contribution in [-0.4, -0.2) is 6.61 Å². The Balaban J connectivity index is 2.09. The van der Waals surface area contributed by atoms with E-state index in [1.807, 2.05) is 0 Å². The third-order valence-corrected chi connectivity index (χ3v) is 3.35. The number of hydrogen-bond acceptors (Lipinski definition) is 2. The van der Waals surface area contributed by atoms with Gasteiger partial charge in [0, 0.05) is 11.1 Å². The molecule has 0 heterocycles. The molecule has 1 unspecified atom stereocenters. The fourth-order valence-electron chi connectivity index (χ4n) is 1.95. The van der Waals surface area contributed by atoms with Gasteiger partial charge in [-0.3, -0.25) is 0 Å². The van der Waals surface area contributed by atoms with E-state index in [9.17, 15) is 13.2 Å². The van der Waals surface area contributed by atoms with Crippen molar-refractivity contribution in [2.75, 3.05) is 0 Å². The summed E-state index contributed by atoms with van der Waals surface area (Å²) in [7, 11) is 0. The topological polar surface area (TPSA) is 35.2 Å². The van der Waals surface area contributed by atoms with Crippen LogP contribution in [0.4, 0.5) is 13.2 Å². The van der Waals surface area contributed by atoms with Crippen LogP contribution in [0.2, 0.25) is 5.02 Å². The van der Waals surface area contributed by atoms with Gasteiger partial charge in [-0.1, -0.05) is 23.7 Å². The predicted octanol–water partition coefficient (Wildman–Crippen LogP) is 4.32. The first kappa shape index (κ1) is 15.7. The summed E-state index contributed by atoms with van der Waals surface area (Å²) < 4.78 is 41.5. The minimum atomic E-state index is -2.87. The number of ether oxygens (including phenoxy) is 1. The van der Waals surface area contributed by atoms with Gasteiger partial charge in [-0.25, -0.2) is 4.39 Å². The highest BCUT2D eigenvalue weighted by Crippen LogP contribution is 2.24. The maximum atomic E-state index is 13.2. The number of rotatable bonds is 5. The average Bonchev–Trinajstić information content (AvgIpc) is 2.43. The Morgan fingerprint density at radius 1 is 1.10 bits per heavy atom. The second-order valence-electron chi connectivity index (χ2n) is 4.49. The maximum Gasteiger partial charge on any atom is 0.387 e. The van der Waals surface area contributed by atoms with Crippen LogP contribution in [0.1, 0.15) is 17.2 Å². The monoisotopic (exact) mass is 315 g/mol. The maximum absolute atomic E-state index is 13.2. The third-order valence-electron chi connectivity index (χ3n) is 2.98. The first-order valence-corrected chi connectivity index (χ1v) is 6.58. The summed E-state index contributed by atoms with van der Waals surface area (Å²) in [6.07, 6.45) is 0.339. The Labute approximate surface area is 125 Å². The molecule has 112 valence electrons. The SMILES string of the molecule is NC(Cc1cc(F)ccc1Cl)c1ccc(OC(F)F)cc1. The molecule has 0 radical (unpaired) electrons. The number of benzene rings is 2. The molecule has 2 aromatic rings. The van der Waals surface area contributed by atoms with E-state index in [1.54, 1.807) is 12.1 Å². The molecule has 2 rings (SSSR count). The molecule has 2 N–H and O–H groups in total. The van der Waals surface area contributed by atoms with Gasteiger partial charge in [-0.05, 0) is 47.9 Å². The lowest BCUT2D eigenvalue weighted by atomic mass is 9.99. The van der Waals surface area contributed by atoms with Crippen LogP contribution < -0.4 is 10.5 Å². The molecule has 6 heteroatoms. The minimum Gasteiger partial charge on any atom is -0.435 e. The highest BCUT2D eigenvalue weighted by Gasteiger charge is 2.11. The van der Waals surface area contributed by atoms with E-state index in [4.69, 9.17) is 17.3 Å². The molecule has 0 saturated carbocycles. The largest absolute Gasteiger partial charge is 0.435 e. The van der Waals surface area contributed by atoms with E-state index in [0.717, 1.165) is 5.56 Å².